The third kappa shape index (κ3) is 4.49. The fraction of sp³-hybridized carbons (Fsp3) is 0.278. The second-order valence-corrected chi connectivity index (χ2v) is 7.24. The van der Waals surface area contributed by atoms with Gasteiger partial charge in [-0.05, 0) is 17.7 Å². The molecule has 0 aliphatic carbocycles. The number of hydrogen-bond acceptors (Lipinski definition) is 4. The largest absolute Gasteiger partial charge is 0.478 e. The highest BCUT2D eigenvalue weighted by atomic mass is 35.5. The van der Waals surface area contributed by atoms with E-state index in [-0.39, 0.29) is 26.4 Å². The number of carboxylic acids is 1. The number of benzene rings is 1. The summed E-state index contributed by atoms with van der Waals surface area (Å²) in [5.41, 5.74) is -8.86. The number of carboxylic acid groups (broad SMARTS) is 1. The molecule has 2 aromatic heterocycles. The maximum atomic E-state index is 14.6. The van der Waals surface area contributed by atoms with Crippen molar-refractivity contribution in [1.82, 2.24) is 19.6 Å². The lowest BCUT2D eigenvalue weighted by atomic mass is 9.99. The van der Waals surface area contributed by atoms with Crippen LogP contribution in [0.3, 0.4) is 0 Å². The van der Waals surface area contributed by atoms with Gasteiger partial charge < -0.3 is 9.84 Å². The molecule has 0 saturated heterocycles. The van der Waals surface area contributed by atoms with Gasteiger partial charge in [0, 0.05) is 18.8 Å². The molecule has 0 radical (unpaired) electrons. The monoisotopic (exact) mass is 536 g/mol. The lowest BCUT2D eigenvalue weighted by Gasteiger charge is -2.28. The Morgan fingerprint density at radius 1 is 1.09 bits per heavy atom. The molecule has 0 spiro atoms. The molecule has 0 amide bonds. The topological polar surface area (TPSA) is 82.2 Å². The van der Waals surface area contributed by atoms with E-state index in [2.05, 4.69) is 14.9 Å². The Morgan fingerprint density at radius 3 is 2.20 bits per heavy atom. The van der Waals surface area contributed by atoms with Crippen molar-refractivity contribution >= 4 is 17.6 Å². The van der Waals surface area contributed by atoms with Crippen LogP contribution < -0.4 is 4.74 Å². The smallest absolute Gasteiger partial charge is 0.437 e. The van der Waals surface area contributed by atoms with Gasteiger partial charge in [0.05, 0.1) is 16.8 Å². The summed E-state index contributed by atoms with van der Waals surface area (Å²) in [6, 6.07) is 3.58. The molecule has 0 fully saturated rings. The Labute approximate surface area is 193 Å². The summed E-state index contributed by atoms with van der Waals surface area (Å²) in [6.45, 7) is -3.97. The maximum absolute atomic E-state index is 14.6. The van der Waals surface area contributed by atoms with Crippen molar-refractivity contribution in [3.8, 4) is 22.7 Å². The van der Waals surface area contributed by atoms with E-state index in [0.717, 1.165) is 25.5 Å². The van der Waals surface area contributed by atoms with Crippen molar-refractivity contribution in [2.75, 3.05) is 0 Å². The van der Waals surface area contributed by atoms with Crippen LogP contribution in [0, 0.1) is 0 Å². The van der Waals surface area contributed by atoms with E-state index < -0.39 is 47.9 Å². The SMILES string of the molecule is Cn1nc(C(F)(C(F)(F)F)C(F)(F)F)c(OC(F)F)c1-n1cc(-c2ccc(Cl)c(C(=O)O)c2)cn1. The zero-order valence-electron chi connectivity index (χ0n) is 16.8. The van der Waals surface area contributed by atoms with E-state index in [1.165, 1.54) is 12.1 Å². The Balaban J connectivity index is 2.23. The minimum Gasteiger partial charge on any atom is -0.478 e. The number of ether oxygens (including phenoxy) is 1. The predicted molar refractivity (Wildman–Crippen MR) is 99.3 cm³/mol. The summed E-state index contributed by atoms with van der Waals surface area (Å²) in [5.74, 6) is -4.28. The van der Waals surface area contributed by atoms with Crippen LogP contribution in [0.2, 0.25) is 5.02 Å². The van der Waals surface area contributed by atoms with Crippen molar-refractivity contribution in [2.24, 2.45) is 7.05 Å². The van der Waals surface area contributed by atoms with Gasteiger partial charge in [-0.25, -0.2) is 18.5 Å². The normalized spacial score (nSPS) is 12.9. The quantitative estimate of drug-likeness (QED) is 0.420. The zero-order chi connectivity index (χ0) is 26.5. The molecule has 0 atom stereocenters. The first-order valence-corrected chi connectivity index (χ1v) is 9.29. The van der Waals surface area contributed by atoms with Gasteiger partial charge in [-0.1, -0.05) is 17.7 Å². The molecular weight excluding hydrogens is 527 g/mol. The molecule has 7 nitrogen and oxygen atoms in total. The predicted octanol–water partition coefficient (Wildman–Crippen LogP) is 5.52. The van der Waals surface area contributed by atoms with Gasteiger partial charge in [-0.15, -0.1) is 0 Å². The summed E-state index contributed by atoms with van der Waals surface area (Å²) in [4.78, 5) is 11.3. The summed E-state index contributed by atoms with van der Waals surface area (Å²) in [6.07, 6.45) is -11.4. The number of aromatic carboxylic acids is 1. The van der Waals surface area contributed by atoms with Gasteiger partial charge in [0.1, 0.15) is 0 Å². The highest BCUT2D eigenvalue weighted by Crippen LogP contribution is 2.55. The van der Waals surface area contributed by atoms with Crippen molar-refractivity contribution in [2.45, 2.75) is 24.6 Å². The van der Waals surface area contributed by atoms with Gasteiger partial charge in [-0.2, -0.15) is 45.3 Å². The minimum atomic E-state index is -6.65. The molecule has 3 aromatic rings. The van der Waals surface area contributed by atoms with Crippen molar-refractivity contribution in [1.29, 1.82) is 0 Å². The van der Waals surface area contributed by atoms with Crippen LogP contribution in [0.1, 0.15) is 16.1 Å². The summed E-state index contributed by atoms with van der Waals surface area (Å²) in [5, 5.41) is 15.6. The molecular formula is C18H10ClF9N4O3. The van der Waals surface area contributed by atoms with Crippen LogP contribution in [0.4, 0.5) is 39.5 Å². The Kier molecular flexibility index (Phi) is 6.47. The summed E-state index contributed by atoms with van der Waals surface area (Å²) >= 11 is 5.77. The average Bonchev–Trinajstić information content (AvgIpc) is 3.30. The molecule has 0 bridgehead atoms. The fourth-order valence-corrected chi connectivity index (χ4v) is 3.25. The number of aromatic nitrogens is 4. The molecule has 3 rings (SSSR count). The molecule has 190 valence electrons. The van der Waals surface area contributed by atoms with Gasteiger partial charge in [0.25, 0.3) is 0 Å². The molecule has 1 N–H and O–H groups in total. The molecule has 2 heterocycles. The van der Waals surface area contributed by atoms with Gasteiger partial charge in [0.2, 0.25) is 0 Å². The van der Waals surface area contributed by atoms with Gasteiger partial charge in [-0.3, -0.25) is 0 Å². The highest BCUT2D eigenvalue weighted by Gasteiger charge is 2.76. The van der Waals surface area contributed by atoms with Crippen LogP contribution in [0.5, 0.6) is 5.75 Å². The third-order valence-corrected chi connectivity index (χ3v) is 4.95. The van der Waals surface area contributed by atoms with E-state index in [1.54, 1.807) is 0 Å². The molecule has 1 aromatic carbocycles. The van der Waals surface area contributed by atoms with Gasteiger partial charge in [0.15, 0.2) is 17.3 Å². The maximum Gasteiger partial charge on any atom is 0.437 e. The summed E-state index contributed by atoms with van der Waals surface area (Å²) in [7, 11) is 0.747. The number of nitrogens with zero attached hydrogens (tertiary/aromatic N) is 4. The fourth-order valence-electron chi connectivity index (χ4n) is 3.06. The van der Waals surface area contributed by atoms with Crippen LogP contribution in [-0.4, -0.2) is 49.6 Å². The van der Waals surface area contributed by atoms with Crippen LogP contribution >= 0.6 is 11.6 Å². The van der Waals surface area contributed by atoms with E-state index in [4.69, 9.17) is 16.7 Å². The van der Waals surface area contributed by atoms with E-state index in [1.807, 2.05) is 0 Å². The average molecular weight is 537 g/mol. The lowest BCUT2D eigenvalue weighted by Crippen LogP contribution is -2.51. The number of alkyl halides is 9. The van der Waals surface area contributed by atoms with Crippen molar-refractivity contribution < 1.29 is 54.2 Å². The zero-order valence-corrected chi connectivity index (χ0v) is 17.6. The van der Waals surface area contributed by atoms with Crippen molar-refractivity contribution in [3.05, 3.63) is 46.9 Å². The standard InChI is InChI=1S/C18H10ClF9N4O3/c1-31-13(32-6-8(5-29-32)7-2-3-10(19)9(4-7)14(33)34)11(35-15(20)21)12(30-31)16(22,17(23,24)25)18(26,27)28/h2-6,15H,1H3,(H,33,34). The molecule has 0 aliphatic heterocycles. The van der Waals surface area contributed by atoms with E-state index >= 15 is 0 Å². The molecule has 17 heteroatoms. The second-order valence-electron chi connectivity index (χ2n) is 6.83. The second kappa shape index (κ2) is 8.66. The number of hydrogen-bond donors (Lipinski definition) is 1. The van der Waals surface area contributed by atoms with Gasteiger partial charge >= 0.3 is 30.6 Å². The Hall–Kier alpha value is -3.43. The molecule has 35 heavy (non-hydrogen) atoms. The van der Waals surface area contributed by atoms with Crippen molar-refractivity contribution in [3.63, 3.8) is 0 Å². The Bertz CT molecular complexity index is 1250. The molecule has 0 aliphatic rings. The number of aryl methyl sites for hydroxylation is 1. The first-order chi connectivity index (χ1) is 16.0. The molecule has 0 unspecified atom stereocenters. The lowest BCUT2D eigenvalue weighted by molar-refractivity contribution is -0.350. The Morgan fingerprint density at radius 2 is 1.69 bits per heavy atom. The van der Waals surface area contributed by atoms with Crippen LogP contribution in [0.25, 0.3) is 16.9 Å². The van der Waals surface area contributed by atoms with Crippen LogP contribution in [-0.2, 0) is 12.7 Å². The highest BCUT2D eigenvalue weighted by molar-refractivity contribution is 6.33. The van der Waals surface area contributed by atoms with Crippen LogP contribution in [0.15, 0.2) is 30.6 Å². The summed E-state index contributed by atoms with van der Waals surface area (Å²) < 4.78 is 125. The van der Waals surface area contributed by atoms with E-state index in [0.29, 0.717) is 4.68 Å². The number of carbonyl (C=O) groups is 1. The third-order valence-electron chi connectivity index (χ3n) is 4.62. The minimum absolute atomic E-state index is 0.0352. The molecule has 0 saturated carbocycles. The number of halogens is 10. The van der Waals surface area contributed by atoms with E-state index in [9.17, 15) is 44.3 Å². The first-order valence-electron chi connectivity index (χ1n) is 8.92. The number of rotatable bonds is 6. The first kappa shape index (κ1) is 26.2.